The van der Waals surface area contributed by atoms with E-state index < -0.39 is 5.25 Å². The summed E-state index contributed by atoms with van der Waals surface area (Å²) < 4.78 is 1.61. The number of rotatable bonds is 4. The smallest absolute Gasteiger partial charge is 0.266 e. The molecule has 160 valence electrons. The van der Waals surface area contributed by atoms with Gasteiger partial charge in [0.05, 0.1) is 21.8 Å². The highest BCUT2D eigenvalue weighted by molar-refractivity contribution is 8.00. The molecular weight excluding hydrogens is 418 g/mol. The lowest BCUT2D eigenvalue weighted by Crippen LogP contribution is -2.40. The highest BCUT2D eigenvalue weighted by atomic mass is 32.2. The van der Waals surface area contributed by atoms with Gasteiger partial charge in [0.2, 0.25) is 5.91 Å². The fourth-order valence-corrected chi connectivity index (χ4v) is 5.28. The molecule has 1 aliphatic rings. The van der Waals surface area contributed by atoms with Crippen LogP contribution in [0.25, 0.3) is 16.6 Å². The Hall–Kier alpha value is -3.38. The zero-order valence-electron chi connectivity index (χ0n) is 17.9. The van der Waals surface area contributed by atoms with Crippen LogP contribution in [-0.4, -0.2) is 26.8 Å². The number of hydrogen-bond acceptors (Lipinski definition) is 4. The number of fused-ring (bicyclic) bond motifs is 2. The van der Waals surface area contributed by atoms with Crippen molar-refractivity contribution in [3.8, 4) is 5.69 Å². The Bertz CT molecular complexity index is 1370. The second-order valence-electron chi connectivity index (χ2n) is 8.04. The van der Waals surface area contributed by atoms with Crippen molar-refractivity contribution in [2.75, 3.05) is 4.90 Å². The predicted octanol–water partition coefficient (Wildman–Crippen LogP) is 4.84. The summed E-state index contributed by atoms with van der Waals surface area (Å²) in [5, 5.41) is 0.661. The Morgan fingerprint density at radius 2 is 1.69 bits per heavy atom. The average Bonchev–Trinajstić information content (AvgIpc) is 3.15. The summed E-state index contributed by atoms with van der Waals surface area (Å²) in [6.07, 6.45) is 0.849. The van der Waals surface area contributed by atoms with Gasteiger partial charge >= 0.3 is 0 Å². The van der Waals surface area contributed by atoms with E-state index in [1.54, 1.807) is 10.6 Å². The molecule has 2 heterocycles. The maximum atomic E-state index is 13.5. The third-order valence-electron chi connectivity index (χ3n) is 5.83. The Labute approximate surface area is 190 Å². The van der Waals surface area contributed by atoms with Gasteiger partial charge in [-0.15, -0.1) is 0 Å². The van der Waals surface area contributed by atoms with E-state index in [0.29, 0.717) is 16.1 Å². The van der Waals surface area contributed by atoms with Crippen molar-refractivity contribution in [1.29, 1.82) is 0 Å². The highest BCUT2D eigenvalue weighted by Crippen LogP contribution is 2.35. The number of benzene rings is 3. The van der Waals surface area contributed by atoms with Crippen molar-refractivity contribution in [3.05, 3.63) is 94.8 Å². The van der Waals surface area contributed by atoms with Crippen molar-refractivity contribution in [3.63, 3.8) is 0 Å². The lowest BCUT2D eigenvalue weighted by Gasteiger charge is -2.26. The minimum atomic E-state index is -0.411. The van der Waals surface area contributed by atoms with E-state index in [1.165, 1.54) is 17.3 Å². The number of carbonyl (C=O) groups excluding carboxylic acids is 1. The Morgan fingerprint density at radius 3 is 2.50 bits per heavy atom. The number of thioether (sulfide) groups is 1. The van der Waals surface area contributed by atoms with Crippen LogP contribution in [0.3, 0.4) is 0 Å². The third kappa shape index (κ3) is 3.50. The fourth-order valence-electron chi connectivity index (χ4n) is 4.30. The van der Waals surface area contributed by atoms with Gasteiger partial charge in [0, 0.05) is 11.7 Å². The third-order valence-corrected chi connectivity index (χ3v) is 6.87. The second-order valence-corrected chi connectivity index (χ2v) is 9.35. The van der Waals surface area contributed by atoms with Crippen LogP contribution in [0.4, 0.5) is 5.69 Å². The normalized spacial score (nSPS) is 16.2. The molecule has 2 unspecified atom stereocenters. The zero-order chi connectivity index (χ0) is 22.2. The number of aromatic nitrogens is 2. The topological polar surface area (TPSA) is 55.2 Å². The average molecular weight is 442 g/mol. The zero-order valence-corrected chi connectivity index (χ0v) is 18.8. The Morgan fingerprint density at radius 1 is 1.00 bits per heavy atom. The molecule has 1 aromatic heterocycles. The van der Waals surface area contributed by atoms with E-state index in [1.807, 2.05) is 78.6 Å². The maximum Gasteiger partial charge on any atom is 0.266 e. The van der Waals surface area contributed by atoms with Gasteiger partial charge in [-0.1, -0.05) is 60.3 Å². The summed E-state index contributed by atoms with van der Waals surface area (Å²) in [7, 11) is 0. The number of para-hydroxylation sites is 3. The molecule has 2 atom stereocenters. The van der Waals surface area contributed by atoms with Gasteiger partial charge in [-0.2, -0.15) is 0 Å². The molecule has 32 heavy (non-hydrogen) atoms. The van der Waals surface area contributed by atoms with Crippen LogP contribution < -0.4 is 10.5 Å². The molecule has 0 saturated carbocycles. The molecule has 0 aliphatic carbocycles. The molecule has 1 aliphatic heterocycles. The number of carbonyl (C=O) groups is 1. The van der Waals surface area contributed by atoms with E-state index in [9.17, 15) is 9.59 Å². The van der Waals surface area contributed by atoms with Gasteiger partial charge in [-0.05, 0) is 56.2 Å². The molecule has 6 heteroatoms. The minimum absolute atomic E-state index is 0.0227. The molecule has 0 radical (unpaired) electrons. The largest absolute Gasteiger partial charge is 0.308 e. The Kier molecular flexibility index (Phi) is 5.31. The van der Waals surface area contributed by atoms with Crippen molar-refractivity contribution in [2.45, 2.75) is 36.7 Å². The summed E-state index contributed by atoms with van der Waals surface area (Å²) in [4.78, 5) is 33.6. The number of nitrogens with zero attached hydrogens (tertiary/aromatic N) is 3. The molecule has 0 saturated heterocycles. The summed E-state index contributed by atoms with van der Waals surface area (Å²) in [6, 6.07) is 24.9. The first-order chi connectivity index (χ1) is 15.5. The van der Waals surface area contributed by atoms with E-state index in [0.717, 1.165) is 17.8 Å². The molecule has 0 fully saturated rings. The number of amides is 1. The van der Waals surface area contributed by atoms with E-state index in [2.05, 4.69) is 13.0 Å². The monoisotopic (exact) mass is 441 g/mol. The van der Waals surface area contributed by atoms with Gasteiger partial charge in [-0.25, -0.2) is 4.98 Å². The molecule has 0 spiro atoms. The van der Waals surface area contributed by atoms with E-state index >= 15 is 0 Å². The summed E-state index contributed by atoms with van der Waals surface area (Å²) in [5.74, 6) is 0.0227. The van der Waals surface area contributed by atoms with Gasteiger partial charge < -0.3 is 4.90 Å². The minimum Gasteiger partial charge on any atom is -0.308 e. The molecule has 0 N–H and O–H groups in total. The van der Waals surface area contributed by atoms with Crippen LogP contribution in [0.1, 0.15) is 19.4 Å². The van der Waals surface area contributed by atoms with Crippen molar-refractivity contribution in [1.82, 2.24) is 9.55 Å². The molecule has 1 amide bonds. The number of anilines is 1. The van der Waals surface area contributed by atoms with Gasteiger partial charge in [-0.3, -0.25) is 14.2 Å². The lowest BCUT2D eigenvalue weighted by atomic mass is 10.1. The van der Waals surface area contributed by atoms with E-state index in [4.69, 9.17) is 4.98 Å². The first-order valence-corrected chi connectivity index (χ1v) is 11.6. The van der Waals surface area contributed by atoms with Gasteiger partial charge in [0.1, 0.15) is 0 Å². The van der Waals surface area contributed by atoms with Gasteiger partial charge in [0.15, 0.2) is 5.16 Å². The summed E-state index contributed by atoms with van der Waals surface area (Å²) in [5.41, 5.74) is 3.40. The maximum absolute atomic E-state index is 13.5. The van der Waals surface area contributed by atoms with Crippen LogP contribution in [0.2, 0.25) is 0 Å². The molecule has 4 aromatic rings. The molecular formula is C26H23N3O2S. The van der Waals surface area contributed by atoms with Crippen LogP contribution in [-0.2, 0) is 11.2 Å². The summed E-state index contributed by atoms with van der Waals surface area (Å²) >= 11 is 1.33. The van der Waals surface area contributed by atoms with Gasteiger partial charge in [0.25, 0.3) is 5.56 Å². The van der Waals surface area contributed by atoms with Crippen LogP contribution in [0, 0.1) is 0 Å². The van der Waals surface area contributed by atoms with Crippen molar-refractivity contribution in [2.24, 2.45) is 0 Å². The molecule has 3 aromatic carbocycles. The first kappa shape index (κ1) is 20.5. The second kappa shape index (κ2) is 8.28. The molecule has 5 nitrogen and oxygen atoms in total. The SMILES string of the molecule is CC(Sc1nc2ccccc2c(=O)n1-c1ccccc1)C(=O)N1c2ccccc2CC1C. The van der Waals surface area contributed by atoms with Crippen molar-refractivity contribution >= 4 is 34.3 Å². The highest BCUT2D eigenvalue weighted by Gasteiger charge is 2.34. The Balaban J connectivity index is 1.55. The van der Waals surface area contributed by atoms with E-state index in [-0.39, 0.29) is 17.5 Å². The van der Waals surface area contributed by atoms with Crippen LogP contribution >= 0.6 is 11.8 Å². The predicted molar refractivity (Wildman–Crippen MR) is 130 cm³/mol. The molecule has 0 bridgehead atoms. The molecule has 5 rings (SSSR count). The number of hydrogen-bond donors (Lipinski definition) is 0. The quantitative estimate of drug-likeness (QED) is 0.336. The lowest BCUT2D eigenvalue weighted by molar-refractivity contribution is -0.118. The van der Waals surface area contributed by atoms with Crippen LogP contribution in [0.15, 0.2) is 88.8 Å². The van der Waals surface area contributed by atoms with Crippen molar-refractivity contribution < 1.29 is 4.79 Å². The standard InChI is InChI=1S/C26H23N3O2S/c1-17-16-19-10-6-9-15-23(19)28(17)24(30)18(2)32-26-27-22-14-8-7-13-21(22)25(31)29(26)20-11-4-3-5-12-20/h3-15,17-18H,16H2,1-2H3. The summed E-state index contributed by atoms with van der Waals surface area (Å²) in [6.45, 7) is 3.96. The first-order valence-electron chi connectivity index (χ1n) is 10.7. The fraction of sp³-hybridized carbons (Fsp3) is 0.192. The van der Waals surface area contributed by atoms with Crippen LogP contribution in [0.5, 0.6) is 0 Å².